The van der Waals surface area contributed by atoms with E-state index >= 15 is 0 Å². The third-order valence-electron chi connectivity index (χ3n) is 4.85. The number of hydrogen-bond acceptors (Lipinski definition) is 4. The molecule has 0 bridgehead atoms. The van der Waals surface area contributed by atoms with Crippen LogP contribution in [0.3, 0.4) is 0 Å². The third kappa shape index (κ3) is 3.85. The number of carbonyl (C=O) groups excluding carboxylic acids is 1. The molecule has 2 heterocycles. The Hall–Kier alpha value is -2.34. The zero-order valence-electron chi connectivity index (χ0n) is 14.2. The summed E-state index contributed by atoms with van der Waals surface area (Å²) in [5.41, 5.74) is 0.489. The molecule has 1 aliphatic carbocycles. The Morgan fingerprint density at radius 3 is 2.76 bits per heavy atom. The summed E-state index contributed by atoms with van der Waals surface area (Å²) in [4.78, 5) is 16.8. The van der Waals surface area contributed by atoms with E-state index in [4.69, 9.17) is 9.47 Å². The van der Waals surface area contributed by atoms with Gasteiger partial charge in [-0.1, -0.05) is 18.2 Å². The first-order valence-corrected chi connectivity index (χ1v) is 8.94. The lowest BCUT2D eigenvalue weighted by molar-refractivity contribution is 0.0815. The molecule has 6 heteroatoms. The van der Waals surface area contributed by atoms with Gasteiger partial charge in [0.2, 0.25) is 0 Å². The number of benzene rings is 1. The van der Waals surface area contributed by atoms with Crippen molar-refractivity contribution >= 4 is 5.91 Å². The summed E-state index contributed by atoms with van der Waals surface area (Å²) >= 11 is 0. The van der Waals surface area contributed by atoms with Gasteiger partial charge >= 0.3 is 0 Å². The highest BCUT2D eigenvalue weighted by atomic mass is 16.5. The molecule has 4 rings (SSSR count). The summed E-state index contributed by atoms with van der Waals surface area (Å²) in [6.45, 7) is 1.92. The van der Waals surface area contributed by atoms with Gasteiger partial charge in [0, 0.05) is 18.8 Å². The molecule has 0 saturated heterocycles. The fraction of sp³-hybridized carbons (Fsp3) is 0.474. The molecule has 6 nitrogen and oxygen atoms in total. The Morgan fingerprint density at radius 1 is 1.20 bits per heavy atom. The second-order valence-electron chi connectivity index (χ2n) is 6.67. The maximum absolute atomic E-state index is 12.4. The highest BCUT2D eigenvalue weighted by molar-refractivity contribution is 5.92. The van der Waals surface area contributed by atoms with Gasteiger partial charge in [0.25, 0.3) is 5.91 Å². The minimum atomic E-state index is -0.0886. The van der Waals surface area contributed by atoms with Crippen LogP contribution in [0.5, 0.6) is 5.75 Å². The van der Waals surface area contributed by atoms with Crippen molar-refractivity contribution in [2.45, 2.75) is 51.0 Å². The molecule has 1 saturated carbocycles. The first-order valence-electron chi connectivity index (χ1n) is 8.94. The number of hydrogen-bond donors (Lipinski definition) is 1. The Balaban J connectivity index is 1.28. The maximum Gasteiger partial charge on any atom is 0.271 e. The quantitative estimate of drug-likeness (QED) is 0.928. The topological polar surface area (TPSA) is 65.4 Å². The lowest BCUT2D eigenvalue weighted by Crippen LogP contribution is -2.39. The zero-order valence-corrected chi connectivity index (χ0v) is 14.2. The molecule has 2 aliphatic rings. The summed E-state index contributed by atoms with van der Waals surface area (Å²) in [6.07, 6.45) is 5.82. The van der Waals surface area contributed by atoms with Gasteiger partial charge in [-0.2, -0.15) is 0 Å². The first kappa shape index (κ1) is 16.1. The number of amides is 1. The smallest absolute Gasteiger partial charge is 0.271 e. The van der Waals surface area contributed by atoms with Crippen LogP contribution in [0.1, 0.15) is 42.0 Å². The Kier molecular flexibility index (Phi) is 4.70. The van der Waals surface area contributed by atoms with Crippen molar-refractivity contribution in [3.63, 3.8) is 0 Å². The minimum Gasteiger partial charge on any atom is -0.490 e. The Labute approximate surface area is 147 Å². The van der Waals surface area contributed by atoms with Crippen LogP contribution in [0, 0.1) is 0 Å². The second kappa shape index (κ2) is 7.27. The van der Waals surface area contributed by atoms with Gasteiger partial charge in [-0.25, -0.2) is 4.98 Å². The molecule has 1 aromatic heterocycles. The second-order valence-corrected chi connectivity index (χ2v) is 6.67. The van der Waals surface area contributed by atoms with Crippen LogP contribution >= 0.6 is 0 Å². The van der Waals surface area contributed by atoms with E-state index < -0.39 is 0 Å². The molecule has 2 aromatic rings. The van der Waals surface area contributed by atoms with E-state index in [9.17, 15) is 4.79 Å². The van der Waals surface area contributed by atoms with Crippen molar-refractivity contribution in [2.75, 3.05) is 6.61 Å². The molecule has 25 heavy (non-hydrogen) atoms. The number of para-hydroxylation sites is 1. The van der Waals surface area contributed by atoms with Crippen LogP contribution < -0.4 is 10.1 Å². The molecule has 1 aliphatic heterocycles. The van der Waals surface area contributed by atoms with Crippen LogP contribution in [0.15, 0.2) is 36.5 Å². The number of imidazole rings is 1. The third-order valence-corrected chi connectivity index (χ3v) is 4.85. The molecule has 0 atom stereocenters. The summed E-state index contributed by atoms with van der Waals surface area (Å²) in [5.74, 6) is 1.66. The van der Waals surface area contributed by atoms with Gasteiger partial charge in [-0.15, -0.1) is 0 Å². The zero-order chi connectivity index (χ0) is 17.1. The number of nitrogens with one attached hydrogen (secondary N) is 1. The van der Waals surface area contributed by atoms with Crippen LogP contribution in [0.25, 0.3) is 0 Å². The normalized spacial score (nSPS) is 22.9. The maximum atomic E-state index is 12.4. The highest BCUT2D eigenvalue weighted by Crippen LogP contribution is 2.24. The number of aromatic nitrogens is 2. The van der Waals surface area contributed by atoms with Crippen LogP contribution in [-0.4, -0.2) is 34.2 Å². The molecule has 1 aromatic carbocycles. The van der Waals surface area contributed by atoms with E-state index in [0.29, 0.717) is 18.9 Å². The van der Waals surface area contributed by atoms with Crippen molar-refractivity contribution in [3.05, 3.63) is 48.0 Å². The lowest BCUT2D eigenvalue weighted by Gasteiger charge is -2.29. The van der Waals surface area contributed by atoms with Crippen molar-refractivity contribution in [1.29, 1.82) is 0 Å². The molecule has 1 amide bonds. The largest absolute Gasteiger partial charge is 0.490 e. The summed E-state index contributed by atoms with van der Waals surface area (Å²) in [7, 11) is 0. The van der Waals surface area contributed by atoms with Crippen molar-refractivity contribution in [2.24, 2.45) is 0 Å². The van der Waals surface area contributed by atoms with E-state index in [1.807, 2.05) is 41.1 Å². The first-order chi connectivity index (χ1) is 12.3. The molecule has 1 fully saturated rings. The average Bonchev–Trinajstić information content (AvgIpc) is 3.09. The molecule has 132 valence electrons. The molecule has 0 spiro atoms. The van der Waals surface area contributed by atoms with E-state index in [-0.39, 0.29) is 18.1 Å². The SMILES string of the molecule is O=C(NC1CCC(Oc2ccccc2)CC1)c1cn2c(n1)COCC2. The Morgan fingerprint density at radius 2 is 2.00 bits per heavy atom. The lowest BCUT2D eigenvalue weighted by atomic mass is 9.93. The van der Waals surface area contributed by atoms with E-state index in [0.717, 1.165) is 43.8 Å². The van der Waals surface area contributed by atoms with E-state index in [1.165, 1.54) is 0 Å². The number of ether oxygens (including phenoxy) is 2. The predicted octanol–water partition coefficient (Wildman–Crippen LogP) is 2.53. The fourth-order valence-electron chi connectivity index (χ4n) is 3.47. The summed E-state index contributed by atoms with van der Waals surface area (Å²) in [6, 6.07) is 10.1. The number of rotatable bonds is 4. The van der Waals surface area contributed by atoms with E-state index in [2.05, 4.69) is 10.3 Å². The molecular weight excluding hydrogens is 318 g/mol. The van der Waals surface area contributed by atoms with Gasteiger partial charge in [0.1, 0.15) is 23.9 Å². The standard InChI is InChI=1S/C19H23N3O3/c23-19(17-12-22-10-11-24-13-18(22)21-17)20-14-6-8-16(9-7-14)25-15-4-2-1-3-5-15/h1-5,12,14,16H,6-11,13H2,(H,20,23). The average molecular weight is 341 g/mol. The van der Waals surface area contributed by atoms with E-state index in [1.54, 1.807) is 0 Å². The van der Waals surface area contributed by atoms with Gasteiger partial charge in [-0.3, -0.25) is 4.79 Å². The number of fused-ring (bicyclic) bond motifs is 1. The Bertz CT molecular complexity index is 697. The van der Waals surface area contributed by atoms with Gasteiger partial charge < -0.3 is 19.4 Å². The van der Waals surface area contributed by atoms with Crippen molar-refractivity contribution in [3.8, 4) is 5.75 Å². The van der Waals surface area contributed by atoms with Gasteiger partial charge in [0.05, 0.1) is 12.7 Å². The van der Waals surface area contributed by atoms with Gasteiger partial charge in [-0.05, 0) is 37.8 Å². The molecule has 1 N–H and O–H groups in total. The predicted molar refractivity (Wildman–Crippen MR) is 92.5 cm³/mol. The summed E-state index contributed by atoms with van der Waals surface area (Å²) in [5, 5.41) is 3.12. The van der Waals surface area contributed by atoms with Crippen LogP contribution in [-0.2, 0) is 17.9 Å². The van der Waals surface area contributed by atoms with Crippen molar-refractivity contribution in [1.82, 2.24) is 14.9 Å². The number of carbonyl (C=O) groups is 1. The number of nitrogens with zero attached hydrogens (tertiary/aromatic N) is 2. The molecule has 0 unspecified atom stereocenters. The molecular formula is C19H23N3O3. The van der Waals surface area contributed by atoms with Gasteiger partial charge in [0.15, 0.2) is 0 Å². The van der Waals surface area contributed by atoms with Crippen LogP contribution in [0.4, 0.5) is 0 Å². The monoisotopic (exact) mass is 341 g/mol. The summed E-state index contributed by atoms with van der Waals surface area (Å²) < 4.78 is 13.4. The highest BCUT2D eigenvalue weighted by Gasteiger charge is 2.25. The molecule has 0 radical (unpaired) electrons. The van der Waals surface area contributed by atoms with Crippen LogP contribution in [0.2, 0.25) is 0 Å². The minimum absolute atomic E-state index is 0.0886. The van der Waals surface area contributed by atoms with Crippen molar-refractivity contribution < 1.29 is 14.3 Å². The fourth-order valence-corrected chi connectivity index (χ4v) is 3.47.